The molecular formula is C16H30N4O. The number of hydrogen-bond acceptors (Lipinski definition) is 4. The maximum absolute atomic E-state index is 12.7. The van der Waals surface area contributed by atoms with Gasteiger partial charge in [-0.25, -0.2) is 4.98 Å². The lowest BCUT2D eigenvalue weighted by Crippen LogP contribution is -2.44. The second-order valence-electron chi connectivity index (χ2n) is 7.39. The molecule has 0 bridgehead atoms. The highest BCUT2D eigenvalue weighted by Gasteiger charge is 2.24. The van der Waals surface area contributed by atoms with Crippen LogP contribution in [0, 0.1) is 5.41 Å². The zero-order valence-corrected chi connectivity index (χ0v) is 14.3. The van der Waals surface area contributed by atoms with Crippen LogP contribution in [-0.2, 0) is 5.54 Å². The van der Waals surface area contributed by atoms with Gasteiger partial charge in [0.05, 0.1) is 0 Å². The molecule has 0 aromatic carbocycles. The maximum atomic E-state index is 12.7. The summed E-state index contributed by atoms with van der Waals surface area (Å²) in [7, 11) is 0. The Bertz CT molecular complexity index is 514. The Hall–Kier alpha value is -1.36. The standard InChI is InChI=1S/C16H30N4O/c1-7-9-19(12-16(5,6)11-17)13-14(21)20(10-8-18-13)15(2,3)4/h8,10H,7,9,11-12,17H2,1-6H3. The number of aromatic nitrogens is 2. The fourth-order valence-electron chi connectivity index (χ4n) is 2.26. The van der Waals surface area contributed by atoms with Gasteiger partial charge in [0.25, 0.3) is 5.56 Å². The van der Waals surface area contributed by atoms with E-state index in [0.717, 1.165) is 19.5 Å². The molecule has 0 atom stereocenters. The predicted molar refractivity (Wildman–Crippen MR) is 88.8 cm³/mol. The smallest absolute Gasteiger partial charge is 0.293 e. The minimum atomic E-state index is -0.254. The number of rotatable bonds is 6. The van der Waals surface area contributed by atoms with Gasteiger partial charge < -0.3 is 15.2 Å². The molecule has 0 saturated carbocycles. The average molecular weight is 294 g/mol. The second-order valence-corrected chi connectivity index (χ2v) is 7.39. The summed E-state index contributed by atoms with van der Waals surface area (Å²) in [5.74, 6) is 0.524. The van der Waals surface area contributed by atoms with Gasteiger partial charge in [-0.05, 0) is 39.2 Å². The highest BCUT2D eigenvalue weighted by atomic mass is 16.1. The molecule has 0 saturated heterocycles. The SMILES string of the molecule is CCCN(CC(C)(C)CN)c1nccn(C(C)(C)C)c1=O. The second kappa shape index (κ2) is 6.60. The van der Waals surface area contributed by atoms with Crippen LogP contribution in [0.4, 0.5) is 5.82 Å². The zero-order valence-electron chi connectivity index (χ0n) is 14.3. The first-order chi connectivity index (χ1) is 9.62. The summed E-state index contributed by atoms with van der Waals surface area (Å²) in [6.07, 6.45) is 4.43. The van der Waals surface area contributed by atoms with Crippen LogP contribution in [0.1, 0.15) is 48.0 Å². The van der Waals surface area contributed by atoms with Crippen molar-refractivity contribution in [2.24, 2.45) is 11.1 Å². The number of hydrogen-bond donors (Lipinski definition) is 1. The zero-order chi connectivity index (χ0) is 16.3. The Labute approximate surface area is 128 Å². The van der Waals surface area contributed by atoms with Crippen molar-refractivity contribution in [3.8, 4) is 0 Å². The molecule has 1 heterocycles. The van der Waals surface area contributed by atoms with Gasteiger partial charge >= 0.3 is 0 Å². The molecule has 0 aliphatic carbocycles. The summed E-state index contributed by atoms with van der Waals surface area (Å²) in [6.45, 7) is 14.5. The molecule has 120 valence electrons. The van der Waals surface area contributed by atoms with E-state index in [9.17, 15) is 4.79 Å². The van der Waals surface area contributed by atoms with Gasteiger partial charge in [-0.3, -0.25) is 4.79 Å². The monoisotopic (exact) mass is 294 g/mol. The van der Waals surface area contributed by atoms with Crippen molar-refractivity contribution in [1.82, 2.24) is 9.55 Å². The molecule has 21 heavy (non-hydrogen) atoms. The van der Waals surface area contributed by atoms with Crippen molar-refractivity contribution < 1.29 is 0 Å². The number of nitrogens with two attached hydrogens (primary N) is 1. The summed E-state index contributed by atoms with van der Waals surface area (Å²) in [5.41, 5.74) is 5.50. The van der Waals surface area contributed by atoms with Crippen LogP contribution < -0.4 is 16.2 Å². The number of anilines is 1. The largest absolute Gasteiger partial charge is 0.351 e. The third-order valence-corrected chi connectivity index (χ3v) is 3.51. The minimum absolute atomic E-state index is 0.0359. The molecular weight excluding hydrogens is 264 g/mol. The summed E-state index contributed by atoms with van der Waals surface area (Å²) in [4.78, 5) is 19.1. The van der Waals surface area contributed by atoms with Gasteiger partial charge in [0.1, 0.15) is 0 Å². The molecule has 0 aliphatic rings. The Morgan fingerprint density at radius 2 is 1.90 bits per heavy atom. The molecule has 2 N–H and O–H groups in total. The summed E-state index contributed by atoms with van der Waals surface area (Å²) in [5, 5.41) is 0. The first kappa shape index (κ1) is 17.7. The summed E-state index contributed by atoms with van der Waals surface area (Å²) in [6, 6.07) is 0. The van der Waals surface area contributed by atoms with E-state index < -0.39 is 0 Å². The molecule has 1 rings (SSSR count). The van der Waals surface area contributed by atoms with E-state index in [1.807, 2.05) is 20.8 Å². The van der Waals surface area contributed by atoms with Crippen LogP contribution >= 0.6 is 0 Å². The van der Waals surface area contributed by atoms with Crippen LogP contribution in [0.3, 0.4) is 0 Å². The molecule has 0 amide bonds. The van der Waals surface area contributed by atoms with E-state index in [-0.39, 0.29) is 16.5 Å². The summed E-state index contributed by atoms with van der Waals surface area (Å²) < 4.78 is 1.74. The Balaban J connectivity index is 3.24. The van der Waals surface area contributed by atoms with Crippen LogP contribution in [0.25, 0.3) is 0 Å². The molecule has 0 fully saturated rings. The van der Waals surface area contributed by atoms with Crippen LogP contribution in [-0.4, -0.2) is 29.2 Å². The molecule has 0 aliphatic heterocycles. The lowest BCUT2D eigenvalue weighted by Gasteiger charge is -2.33. The maximum Gasteiger partial charge on any atom is 0.293 e. The number of nitrogens with zero attached hydrogens (tertiary/aromatic N) is 3. The predicted octanol–water partition coefficient (Wildman–Crippen LogP) is 2.20. The molecule has 0 unspecified atom stereocenters. The Kier molecular flexibility index (Phi) is 5.56. The third-order valence-electron chi connectivity index (χ3n) is 3.51. The Morgan fingerprint density at radius 3 is 2.38 bits per heavy atom. The van der Waals surface area contributed by atoms with Gasteiger partial charge in [0.2, 0.25) is 0 Å². The topological polar surface area (TPSA) is 64.2 Å². The molecule has 0 radical (unpaired) electrons. The first-order valence-electron chi connectivity index (χ1n) is 7.65. The van der Waals surface area contributed by atoms with Crippen molar-refractivity contribution in [3.05, 3.63) is 22.7 Å². The average Bonchev–Trinajstić information content (AvgIpc) is 2.37. The van der Waals surface area contributed by atoms with E-state index in [4.69, 9.17) is 5.73 Å². The quantitative estimate of drug-likeness (QED) is 0.873. The van der Waals surface area contributed by atoms with Crippen molar-refractivity contribution >= 4 is 5.82 Å². The fourth-order valence-corrected chi connectivity index (χ4v) is 2.26. The highest BCUT2D eigenvalue weighted by molar-refractivity contribution is 5.36. The third kappa shape index (κ3) is 4.56. The van der Waals surface area contributed by atoms with Gasteiger partial charge in [-0.2, -0.15) is 0 Å². The molecule has 5 nitrogen and oxygen atoms in total. The van der Waals surface area contributed by atoms with Crippen molar-refractivity contribution in [3.63, 3.8) is 0 Å². The first-order valence-corrected chi connectivity index (χ1v) is 7.65. The molecule has 1 aromatic heterocycles. The normalized spacial score (nSPS) is 12.5. The molecule has 1 aromatic rings. The van der Waals surface area contributed by atoms with Crippen LogP contribution in [0.2, 0.25) is 0 Å². The van der Waals surface area contributed by atoms with Crippen molar-refractivity contribution in [2.75, 3.05) is 24.5 Å². The van der Waals surface area contributed by atoms with Gasteiger partial charge in [-0.1, -0.05) is 20.8 Å². The van der Waals surface area contributed by atoms with Crippen molar-refractivity contribution in [2.45, 2.75) is 53.5 Å². The van der Waals surface area contributed by atoms with E-state index in [2.05, 4.69) is 30.7 Å². The van der Waals surface area contributed by atoms with Gasteiger partial charge in [0.15, 0.2) is 5.82 Å². The lowest BCUT2D eigenvalue weighted by molar-refractivity contribution is 0.367. The minimum Gasteiger partial charge on any atom is -0.351 e. The van der Waals surface area contributed by atoms with E-state index in [1.165, 1.54) is 0 Å². The van der Waals surface area contributed by atoms with Crippen molar-refractivity contribution in [1.29, 1.82) is 0 Å². The van der Waals surface area contributed by atoms with Gasteiger partial charge in [0, 0.05) is 31.0 Å². The van der Waals surface area contributed by atoms with Crippen LogP contribution in [0.15, 0.2) is 17.2 Å². The van der Waals surface area contributed by atoms with E-state index in [0.29, 0.717) is 12.4 Å². The highest BCUT2D eigenvalue weighted by Crippen LogP contribution is 2.19. The van der Waals surface area contributed by atoms with E-state index in [1.54, 1.807) is 17.0 Å². The van der Waals surface area contributed by atoms with E-state index >= 15 is 0 Å². The molecule has 0 spiro atoms. The van der Waals surface area contributed by atoms with Crippen LogP contribution in [0.5, 0.6) is 0 Å². The Morgan fingerprint density at radius 1 is 1.29 bits per heavy atom. The fraction of sp³-hybridized carbons (Fsp3) is 0.750. The summed E-state index contributed by atoms with van der Waals surface area (Å²) >= 11 is 0. The lowest BCUT2D eigenvalue weighted by atomic mass is 9.93. The van der Waals surface area contributed by atoms with Gasteiger partial charge in [-0.15, -0.1) is 0 Å². The molecule has 5 heteroatoms.